The third-order valence-corrected chi connectivity index (χ3v) is 3.06. The van der Waals surface area contributed by atoms with Crippen molar-refractivity contribution >= 4 is 5.96 Å². The Morgan fingerprint density at radius 2 is 2.11 bits per heavy atom. The van der Waals surface area contributed by atoms with E-state index in [1.165, 1.54) is 0 Å². The van der Waals surface area contributed by atoms with Crippen molar-refractivity contribution in [3.05, 3.63) is 12.2 Å². The first-order valence-corrected chi connectivity index (χ1v) is 6.71. The number of likely N-dealkylation sites (N-methyl/N-ethyl adjacent to an activating group) is 1. The minimum atomic E-state index is 0.613. The number of nitrogens with one attached hydrogen (secondary N) is 2. The van der Waals surface area contributed by atoms with Gasteiger partial charge in [0.15, 0.2) is 5.96 Å². The Labute approximate surface area is 115 Å². The van der Waals surface area contributed by atoms with Gasteiger partial charge in [0.25, 0.3) is 0 Å². The van der Waals surface area contributed by atoms with Crippen molar-refractivity contribution in [2.24, 2.45) is 12.0 Å². The van der Waals surface area contributed by atoms with Crippen LogP contribution in [-0.2, 0) is 13.6 Å². The fraction of sp³-hybridized carbons (Fsp3) is 0.750. The quantitative estimate of drug-likeness (QED) is 0.530. The van der Waals surface area contributed by atoms with E-state index in [2.05, 4.69) is 44.5 Å². The molecule has 0 bridgehead atoms. The number of aryl methyl sites for hydroxylation is 1. The number of hydrogen-bond donors (Lipinski definition) is 2. The molecule has 0 unspecified atom stereocenters. The molecule has 0 aromatic carbocycles. The molecular weight excluding hydrogens is 242 g/mol. The monoisotopic (exact) mass is 267 g/mol. The largest absolute Gasteiger partial charge is 0.355 e. The maximum Gasteiger partial charge on any atom is 0.191 e. The van der Waals surface area contributed by atoms with E-state index >= 15 is 0 Å². The Morgan fingerprint density at radius 1 is 1.37 bits per heavy atom. The summed E-state index contributed by atoms with van der Waals surface area (Å²) in [5, 5.41) is 10.5. The van der Waals surface area contributed by atoms with Gasteiger partial charge in [-0.15, -0.1) is 0 Å². The summed E-state index contributed by atoms with van der Waals surface area (Å²) >= 11 is 0. The molecule has 0 fully saturated rings. The predicted octanol–water partition coefficient (Wildman–Crippen LogP) is -0.178. The van der Waals surface area contributed by atoms with Crippen molar-refractivity contribution in [2.45, 2.75) is 20.4 Å². The topological polar surface area (TPSA) is 70.4 Å². The standard InChI is InChI=1S/C12H25N7/c1-5-19(6-2)8-7-14-12(13-3)15-9-11-16-10-17-18(11)4/h10H,5-9H2,1-4H3,(H2,13,14,15). The molecule has 0 aliphatic rings. The normalized spacial score (nSPS) is 11.9. The molecule has 2 N–H and O–H groups in total. The molecule has 1 aromatic heterocycles. The van der Waals surface area contributed by atoms with Crippen LogP contribution in [0.1, 0.15) is 19.7 Å². The van der Waals surface area contributed by atoms with Gasteiger partial charge < -0.3 is 15.5 Å². The lowest BCUT2D eigenvalue weighted by atomic mass is 10.4. The van der Waals surface area contributed by atoms with Crippen LogP contribution in [0.3, 0.4) is 0 Å². The maximum atomic E-state index is 4.18. The van der Waals surface area contributed by atoms with Crippen LogP contribution in [0, 0.1) is 0 Å². The molecule has 1 rings (SSSR count). The third kappa shape index (κ3) is 5.25. The van der Waals surface area contributed by atoms with Crippen molar-refractivity contribution in [1.29, 1.82) is 0 Å². The zero-order valence-corrected chi connectivity index (χ0v) is 12.3. The average molecular weight is 267 g/mol. The summed E-state index contributed by atoms with van der Waals surface area (Å²) in [5.74, 6) is 1.67. The highest BCUT2D eigenvalue weighted by atomic mass is 15.3. The highest BCUT2D eigenvalue weighted by molar-refractivity contribution is 5.79. The zero-order valence-electron chi connectivity index (χ0n) is 12.3. The Morgan fingerprint density at radius 3 is 2.63 bits per heavy atom. The van der Waals surface area contributed by atoms with Crippen molar-refractivity contribution in [2.75, 3.05) is 33.2 Å². The van der Waals surface area contributed by atoms with E-state index in [4.69, 9.17) is 0 Å². The summed E-state index contributed by atoms with van der Waals surface area (Å²) < 4.78 is 1.75. The van der Waals surface area contributed by atoms with E-state index in [0.717, 1.165) is 38.0 Å². The second-order valence-corrected chi connectivity index (χ2v) is 4.18. The van der Waals surface area contributed by atoms with Gasteiger partial charge in [0.2, 0.25) is 0 Å². The highest BCUT2D eigenvalue weighted by Crippen LogP contribution is 1.89. The minimum absolute atomic E-state index is 0.613. The molecule has 0 saturated heterocycles. The van der Waals surface area contributed by atoms with Gasteiger partial charge in [0.1, 0.15) is 12.2 Å². The third-order valence-electron chi connectivity index (χ3n) is 3.06. The molecular formula is C12H25N7. The summed E-state index contributed by atoms with van der Waals surface area (Å²) in [7, 11) is 3.64. The number of aromatic nitrogens is 3. The molecule has 0 amide bonds. The van der Waals surface area contributed by atoms with Crippen LogP contribution in [0.2, 0.25) is 0 Å². The fourth-order valence-corrected chi connectivity index (χ4v) is 1.74. The number of rotatable bonds is 7. The van der Waals surface area contributed by atoms with Crippen LogP contribution in [-0.4, -0.2) is 58.9 Å². The summed E-state index contributed by atoms with van der Waals surface area (Å²) in [6, 6.07) is 0. The average Bonchev–Trinajstić information content (AvgIpc) is 2.84. The maximum absolute atomic E-state index is 4.18. The van der Waals surface area contributed by atoms with Crippen molar-refractivity contribution in [3.8, 4) is 0 Å². The predicted molar refractivity (Wildman–Crippen MR) is 77.0 cm³/mol. The number of hydrogen-bond acceptors (Lipinski definition) is 4. The lowest BCUT2D eigenvalue weighted by Gasteiger charge is -2.19. The second-order valence-electron chi connectivity index (χ2n) is 4.18. The summed E-state index contributed by atoms with van der Waals surface area (Å²) in [6.45, 7) is 8.99. The summed E-state index contributed by atoms with van der Waals surface area (Å²) in [5.41, 5.74) is 0. The number of guanidine groups is 1. The molecule has 0 radical (unpaired) electrons. The van der Waals surface area contributed by atoms with E-state index in [9.17, 15) is 0 Å². The van der Waals surface area contributed by atoms with Crippen LogP contribution in [0.4, 0.5) is 0 Å². The van der Waals surface area contributed by atoms with Crippen molar-refractivity contribution in [1.82, 2.24) is 30.3 Å². The van der Waals surface area contributed by atoms with Gasteiger partial charge in [-0.1, -0.05) is 13.8 Å². The van der Waals surface area contributed by atoms with Crippen LogP contribution < -0.4 is 10.6 Å². The summed E-state index contributed by atoms with van der Waals surface area (Å²) in [6.07, 6.45) is 1.55. The molecule has 7 heteroatoms. The molecule has 0 aliphatic carbocycles. The fourth-order valence-electron chi connectivity index (χ4n) is 1.74. The highest BCUT2D eigenvalue weighted by Gasteiger charge is 2.03. The Kier molecular flexibility index (Phi) is 6.88. The van der Waals surface area contributed by atoms with E-state index in [0.29, 0.717) is 6.54 Å². The second kappa shape index (κ2) is 8.47. The molecule has 108 valence electrons. The van der Waals surface area contributed by atoms with Gasteiger partial charge >= 0.3 is 0 Å². The molecule has 19 heavy (non-hydrogen) atoms. The van der Waals surface area contributed by atoms with Crippen LogP contribution in [0.15, 0.2) is 11.3 Å². The molecule has 0 spiro atoms. The van der Waals surface area contributed by atoms with E-state index < -0.39 is 0 Å². The van der Waals surface area contributed by atoms with Crippen LogP contribution in [0.25, 0.3) is 0 Å². The lowest BCUT2D eigenvalue weighted by Crippen LogP contribution is -2.41. The van der Waals surface area contributed by atoms with Crippen LogP contribution >= 0.6 is 0 Å². The van der Waals surface area contributed by atoms with Gasteiger partial charge in [-0.05, 0) is 13.1 Å². The Bertz CT molecular complexity index is 381. The number of nitrogens with zero attached hydrogens (tertiary/aromatic N) is 5. The van der Waals surface area contributed by atoms with Gasteiger partial charge in [0, 0.05) is 27.2 Å². The van der Waals surface area contributed by atoms with Gasteiger partial charge in [-0.2, -0.15) is 5.10 Å². The first-order valence-electron chi connectivity index (χ1n) is 6.71. The number of aliphatic imine (C=N–C) groups is 1. The molecule has 1 aromatic rings. The SMILES string of the molecule is CCN(CC)CCNC(=NC)NCc1ncnn1C. The van der Waals surface area contributed by atoms with Gasteiger partial charge in [-0.25, -0.2) is 4.98 Å². The molecule has 0 saturated carbocycles. The molecule has 0 atom stereocenters. The van der Waals surface area contributed by atoms with Crippen LogP contribution in [0.5, 0.6) is 0 Å². The first-order chi connectivity index (χ1) is 9.21. The van der Waals surface area contributed by atoms with E-state index in [1.54, 1.807) is 18.1 Å². The van der Waals surface area contributed by atoms with Crippen molar-refractivity contribution < 1.29 is 0 Å². The Hall–Kier alpha value is -1.63. The Balaban J connectivity index is 2.29. The zero-order chi connectivity index (χ0) is 14.1. The summed E-state index contributed by atoms with van der Waals surface area (Å²) in [4.78, 5) is 10.7. The lowest BCUT2D eigenvalue weighted by molar-refractivity contribution is 0.308. The molecule has 1 heterocycles. The first kappa shape index (κ1) is 15.4. The van der Waals surface area contributed by atoms with E-state index in [1.807, 2.05) is 7.05 Å². The smallest absolute Gasteiger partial charge is 0.191 e. The minimum Gasteiger partial charge on any atom is -0.355 e. The van der Waals surface area contributed by atoms with Crippen molar-refractivity contribution in [3.63, 3.8) is 0 Å². The van der Waals surface area contributed by atoms with E-state index in [-0.39, 0.29) is 0 Å². The molecule has 0 aliphatic heterocycles. The molecule has 7 nitrogen and oxygen atoms in total. The van der Waals surface area contributed by atoms with Gasteiger partial charge in [-0.3, -0.25) is 9.67 Å². The van der Waals surface area contributed by atoms with Gasteiger partial charge in [0.05, 0.1) is 6.54 Å².